The molecule has 3 atom stereocenters. The van der Waals surface area contributed by atoms with E-state index in [0.29, 0.717) is 35.9 Å². The maximum Gasteiger partial charge on any atom is 0.243 e. The molecule has 0 saturated carbocycles. The highest BCUT2D eigenvalue weighted by Gasteiger charge is 2.31. The molecule has 1 aromatic rings. The molecule has 1 aromatic carbocycles. The molecule has 9 heteroatoms. The van der Waals surface area contributed by atoms with Gasteiger partial charge in [-0.05, 0) is 48.8 Å². The van der Waals surface area contributed by atoms with E-state index in [4.69, 9.17) is 23.2 Å². The van der Waals surface area contributed by atoms with Gasteiger partial charge in [0.15, 0.2) is 0 Å². The van der Waals surface area contributed by atoms with Crippen molar-refractivity contribution in [3.63, 3.8) is 0 Å². The van der Waals surface area contributed by atoms with Gasteiger partial charge in [-0.15, -0.1) is 0 Å². The first-order valence-corrected chi connectivity index (χ1v) is 11.4. The quantitative estimate of drug-likeness (QED) is 0.502. The summed E-state index contributed by atoms with van der Waals surface area (Å²) in [6.07, 6.45) is 1.85. The number of nitrogens with zero attached hydrogens (tertiary/aromatic N) is 1. The Balaban J connectivity index is 1.99. The van der Waals surface area contributed by atoms with Crippen molar-refractivity contribution in [2.75, 3.05) is 6.54 Å². The predicted octanol–water partition coefficient (Wildman–Crippen LogP) is 3.38. The Kier molecular flexibility index (Phi) is 9.35. The largest absolute Gasteiger partial charge is 0.356 e. The van der Waals surface area contributed by atoms with Crippen LogP contribution >= 0.6 is 23.2 Å². The highest BCUT2D eigenvalue weighted by Crippen LogP contribution is 2.23. The van der Waals surface area contributed by atoms with Crippen LogP contribution in [0, 0.1) is 22.7 Å². The van der Waals surface area contributed by atoms with Crippen molar-refractivity contribution in [1.82, 2.24) is 16.0 Å². The number of hydrogen-bond acceptors (Lipinski definition) is 4. The fourth-order valence-corrected chi connectivity index (χ4v) is 4.13. The molecule has 7 nitrogen and oxygen atoms in total. The summed E-state index contributed by atoms with van der Waals surface area (Å²) >= 11 is 12.1. The fraction of sp³-hybridized carbons (Fsp3) is 0.565. The molecule has 1 heterocycles. The summed E-state index contributed by atoms with van der Waals surface area (Å²) in [5, 5.41) is 18.7. The van der Waals surface area contributed by atoms with Crippen molar-refractivity contribution in [2.24, 2.45) is 11.3 Å². The molecule has 3 N–H and O–H groups in total. The molecular formula is C23H30Cl2N4O3. The van der Waals surface area contributed by atoms with Gasteiger partial charge in [0.2, 0.25) is 17.7 Å². The number of halogens is 2. The van der Waals surface area contributed by atoms with Crippen LogP contribution in [0.25, 0.3) is 0 Å². The molecule has 0 aliphatic carbocycles. The van der Waals surface area contributed by atoms with Gasteiger partial charge in [-0.1, -0.05) is 50.0 Å². The highest BCUT2D eigenvalue weighted by atomic mass is 35.5. The third-order valence-electron chi connectivity index (χ3n) is 5.26. The van der Waals surface area contributed by atoms with E-state index in [-0.39, 0.29) is 36.0 Å². The molecule has 1 aliphatic rings. The molecule has 32 heavy (non-hydrogen) atoms. The molecule has 2 rings (SSSR count). The summed E-state index contributed by atoms with van der Waals surface area (Å²) in [7, 11) is 0. The van der Waals surface area contributed by atoms with Crippen LogP contribution in [0.5, 0.6) is 0 Å². The van der Waals surface area contributed by atoms with Crippen LogP contribution in [0.4, 0.5) is 0 Å². The van der Waals surface area contributed by atoms with Crippen molar-refractivity contribution in [3.8, 4) is 6.07 Å². The lowest BCUT2D eigenvalue weighted by Gasteiger charge is -2.27. The van der Waals surface area contributed by atoms with E-state index in [1.807, 2.05) is 20.8 Å². The first-order chi connectivity index (χ1) is 15.0. The lowest BCUT2D eigenvalue weighted by molar-refractivity contribution is -0.130. The number of carbonyl (C=O) groups is 3. The molecule has 1 fully saturated rings. The normalized spacial score (nSPS) is 17.8. The molecule has 0 bridgehead atoms. The summed E-state index contributed by atoms with van der Waals surface area (Å²) in [6, 6.07) is 5.57. The van der Waals surface area contributed by atoms with E-state index >= 15 is 0 Å². The second kappa shape index (κ2) is 11.5. The Labute approximate surface area is 199 Å². The maximum absolute atomic E-state index is 12.9. The molecule has 0 aromatic heterocycles. The zero-order chi connectivity index (χ0) is 23.9. The van der Waals surface area contributed by atoms with Crippen LogP contribution in [0.15, 0.2) is 18.2 Å². The summed E-state index contributed by atoms with van der Waals surface area (Å²) in [5.41, 5.74) is 0.560. The molecule has 3 amide bonds. The van der Waals surface area contributed by atoms with Gasteiger partial charge in [-0.2, -0.15) is 5.26 Å². The highest BCUT2D eigenvalue weighted by molar-refractivity contribution is 6.35. The minimum absolute atomic E-state index is 0.0973. The number of carbonyl (C=O) groups excluding carboxylic acids is 3. The Bertz CT molecular complexity index is 892. The van der Waals surface area contributed by atoms with Crippen LogP contribution in [-0.4, -0.2) is 36.3 Å². The third-order valence-corrected chi connectivity index (χ3v) is 5.85. The van der Waals surface area contributed by atoms with Gasteiger partial charge in [0.05, 0.1) is 6.07 Å². The van der Waals surface area contributed by atoms with Crippen LogP contribution in [0.1, 0.15) is 52.0 Å². The lowest BCUT2D eigenvalue weighted by Crippen LogP contribution is -2.51. The summed E-state index contributed by atoms with van der Waals surface area (Å²) < 4.78 is 0. The van der Waals surface area contributed by atoms with E-state index < -0.39 is 18.0 Å². The summed E-state index contributed by atoms with van der Waals surface area (Å²) in [4.78, 5) is 37.3. The zero-order valence-electron chi connectivity index (χ0n) is 18.6. The predicted molar refractivity (Wildman–Crippen MR) is 124 cm³/mol. The summed E-state index contributed by atoms with van der Waals surface area (Å²) in [6.45, 7) is 6.49. The number of hydrogen-bond donors (Lipinski definition) is 3. The number of amides is 3. The maximum atomic E-state index is 12.9. The van der Waals surface area contributed by atoms with E-state index in [2.05, 4.69) is 22.0 Å². The smallest absolute Gasteiger partial charge is 0.243 e. The van der Waals surface area contributed by atoms with Gasteiger partial charge in [0, 0.05) is 28.9 Å². The van der Waals surface area contributed by atoms with Crippen LogP contribution in [0.3, 0.4) is 0 Å². The lowest BCUT2D eigenvalue weighted by atomic mass is 9.87. The van der Waals surface area contributed by atoms with Crippen molar-refractivity contribution in [3.05, 3.63) is 33.8 Å². The Morgan fingerprint density at radius 1 is 1.28 bits per heavy atom. The SMILES string of the molecule is CC(C)(C)C[C@H](NC(=O)CCc1ccc(Cl)cc1Cl)C(=O)NC(C#N)CC1CCNC1=O. The zero-order valence-corrected chi connectivity index (χ0v) is 20.1. The fourth-order valence-electron chi connectivity index (χ4n) is 3.63. The van der Waals surface area contributed by atoms with Gasteiger partial charge in [-0.3, -0.25) is 14.4 Å². The topological polar surface area (TPSA) is 111 Å². The van der Waals surface area contributed by atoms with Crippen molar-refractivity contribution in [2.45, 2.75) is 65.0 Å². The second-order valence-corrected chi connectivity index (χ2v) is 10.2. The van der Waals surface area contributed by atoms with Gasteiger partial charge >= 0.3 is 0 Å². The van der Waals surface area contributed by atoms with Crippen LogP contribution < -0.4 is 16.0 Å². The van der Waals surface area contributed by atoms with Crippen LogP contribution in [-0.2, 0) is 20.8 Å². The second-order valence-electron chi connectivity index (χ2n) is 9.32. The van der Waals surface area contributed by atoms with Gasteiger partial charge in [0.25, 0.3) is 0 Å². The molecule has 174 valence electrons. The Morgan fingerprint density at radius 2 is 2.00 bits per heavy atom. The third kappa shape index (κ3) is 8.33. The molecule has 1 saturated heterocycles. The summed E-state index contributed by atoms with van der Waals surface area (Å²) in [5.74, 6) is -1.11. The Morgan fingerprint density at radius 3 is 2.56 bits per heavy atom. The monoisotopic (exact) mass is 480 g/mol. The van der Waals surface area contributed by atoms with Crippen LogP contribution in [0.2, 0.25) is 10.0 Å². The number of rotatable bonds is 9. The van der Waals surface area contributed by atoms with Gasteiger partial charge < -0.3 is 16.0 Å². The van der Waals surface area contributed by atoms with E-state index in [1.165, 1.54) is 0 Å². The Hall–Kier alpha value is -2.30. The van der Waals surface area contributed by atoms with Crippen molar-refractivity contribution in [1.29, 1.82) is 5.26 Å². The molecule has 0 radical (unpaired) electrons. The minimum Gasteiger partial charge on any atom is -0.356 e. The van der Waals surface area contributed by atoms with Crippen molar-refractivity contribution < 1.29 is 14.4 Å². The molecule has 1 aliphatic heterocycles. The standard InChI is InChI=1S/C23H30Cl2N4O3/c1-23(2,3)12-19(22(32)28-17(13-26)10-15-8-9-27-21(15)31)29-20(30)7-5-14-4-6-16(24)11-18(14)25/h4,6,11,15,17,19H,5,7-10,12H2,1-3H3,(H,27,31)(H,28,32)(H,29,30)/t15?,17?,19-/m0/s1. The van der Waals surface area contributed by atoms with E-state index in [0.717, 1.165) is 5.56 Å². The molecule has 0 spiro atoms. The first-order valence-electron chi connectivity index (χ1n) is 10.7. The average Bonchev–Trinajstić information content (AvgIpc) is 3.09. The minimum atomic E-state index is -0.802. The average molecular weight is 481 g/mol. The molecule has 2 unspecified atom stereocenters. The number of nitriles is 1. The number of aryl methyl sites for hydroxylation is 1. The van der Waals surface area contributed by atoms with Gasteiger partial charge in [-0.25, -0.2) is 0 Å². The van der Waals surface area contributed by atoms with Crippen molar-refractivity contribution >= 4 is 40.9 Å². The van der Waals surface area contributed by atoms with E-state index in [1.54, 1.807) is 18.2 Å². The molecular weight excluding hydrogens is 451 g/mol. The van der Waals surface area contributed by atoms with Gasteiger partial charge in [0.1, 0.15) is 12.1 Å². The number of nitrogens with one attached hydrogen (secondary N) is 3. The number of benzene rings is 1. The first kappa shape index (κ1) is 26.0. The van der Waals surface area contributed by atoms with E-state index in [9.17, 15) is 19.6 Å².